The SMILES string of the molecule is CC(C)C(C(=O)NCC(C)(O)C(=O)O)N1C(=O)c2ccccc2C1=O. The van der Waals surface area contributed by atoms with Crippen molar-refractivity contribution in [2.75, 3.05) is 6.54 Å². The van der Waals surface area contributed by atoms with Crippen LogP contribution >= 0.6 is 0 Å². The molecule has 0 bridgehead atoms. The average molecular weight is 348 g/mol. The van der Waals surface area contributed by atoms with E-state index in [4.69, 9.17) is 5.11 Å². The van der Waals surface area contributed by atoms with Gasteiger partial charge >= 0.3 is 5.97 Å². The maximum atomic E-state index is 12.5. The predicted molar refractivity (Wildman–Crippen MR) is 86.8 cm³/mol. The Morgan fingerprint density at radius 1 is 1.16 bits per heavy atom. The Morgan fingerprint density at radius 2 is 1.64 bits per heavy atom. The number of amides is 3. The fourth-order valence-corrected chi connectivity index (χ4v) is 2.62. The molecule has 25 heavy (non-hydrogen) atoms. The number of benzene rings is 1. The van der Waals surface area contributed by atoms with Crippen molar-refractivity contribution in [2.45, 2.75) is 32.4 Å². The largest absolute Gasteiger partial charge is 0.479 e. The molecule has 134 valence electrons. The Kier molecular flexibility index (Phi) is 4.94. The van der Waals surface area contributed by atoms with Crippen LogP contribution in [0.3, 0.4) is 0 Å². The number of nitrogens with zero attached hydrogens (tertiary/aromatic N) is 1. The lowest BCUT2D eigenvalue weighted by Crippen LogP contribution is -2.55. The highest BCUT2D eigenvalue weighted by Crippen LogP contribution is 2.27. The lowest BCUT2D eigenvalue weighted by Gasteiger charge is -2.29. The second-order valence-electron chi connectivity index (χ2n) is 6.51. The summed E-state index contributed by atoms with van der Waals surface area (Å²) in [5.74, 6) is -3.74. The number of nitrogens with one attached hydrogen (secondary N) is 1. The van der Waals surface area contributed by atoms with Crippen LogP contribution in [-0.4, -0.2) is 57.0 Å². The molecule has 1 aromatic carbocycles. The summed E-state index contributed by atoms with van der Waals surface area (Å²) in [7, 11) is 0. The number of carbonyl (C=O) groups excluding carboxylic acids is 3. The highest BCUT2D eigenvalue weighted by atomic mass is 16.4. The minimum atomic E-state index is -2.15. The Morgan fingerprint density at radius 3 is 2.04 bits per heavy atom. The third-order valence-corrected chi connectivity index (χ3v) is 4.07. The summed E-state index contributed by atoms with van der Waals surface area (Å²) in [4.78, 5) is 49.4. The number of aliphatic hydroxyl groups is 1. The maximum Gasteiger partial charge on any atom is 0.337 e. The van der Waals surface area contributed by atoms with E-state index in [-0.39, 0.29) is 11.1 Å². The van der Waals surface area contributed by atoms with E-state index in [1.807, 2.05) is 0 Å². The van der Waals surface area contributed by atoms with Crippen molar-refractivity contribution in [2.24, 2.45) is 5.92 Å². The summed E-state index contributed by atoms with van der Waals surface area (Å²) in [6.45, 7) is 3.84. The fourth-order valence-electron chi connectivity index (χ4n) is 2.62. The third kappa shape index (κ3) is 3.39. The molecule has 1 aromatic rings. The van der Waals surface area contributed by atoms with Crippen LogP contribution in [0, 0.1) is 5.92 Å². The zero-order chi connectivity index (χ0) is 18.9. The van der Waals surface area contributed by atoms with Crippen molar-refractivity contribution < 1.29 is 29.4 Å². The zero-order valence-corrected chi connectivity index (χ0v) is 14.1. The molecule has 1 aliphatic rings. The summed E-state index contributed by atoms with van der Waals surface area (Å²) >= 11 is 0. The second kappa shape index (κ2) is 6.64. The van der Waals surface area contributed by atoms with Crippen LogP contribution in [0.5, 0.6) is 0 Å². The molecule has 0 radical (unpaired) electrons. The van der Waals surface area contributed by atoms with Crippen LogP contribution in [0.1, 0.15) is 41.5 Å². The molecule has 2 atom stereocenters. The molecule has 2 rings (SSSR count). The number of hydrogen-bond acceptors (Lipinski definition) is 5. The van der Waals surface area contributed by atoms with E-state index in [2.05, 4.69) is 5.32 Å². The summed E-state index contributed by atoms with van der Waals surface area (Å²) in [6, 6.07) is 5.17. The van der Waals surface area contributed by atoms with Gasteiger partial charge in [-0.05, 0) is 25.0 Å². The Hall–Kier alpha value is -2.74. The van der Waals surface area contributed by atoms with Crippen LogP contribution in [0.15, 0.2) is 24.3 Å². The Labute approximate surface area is 144 Å². The van der Waals surface area contributed by atoms with Gasteiger partial charge in [-0.25, -0.2) is 4.79 Å². The van der Waals surface area contributed by atoms with Crippen LogP contribution in [-0.2, 0) is 9.59 Å². The van der Waals surface area contributed by atoms with E-state index >= 15 is 0 Å². The molecule has 0 saturated carbocycles. The van der Waals surface area contributed by atoms with Crippen molar-refractivity contribution in [3.05, 3.63) is 35.4 Å². The molecule has 8 heteroatoms. The number of aliphatic carboxylic acids is 1. The van der Waals surface area contributed by atoms with Gasteiger partial charge in [0.05, 0.1) is 17.7 Å². The van der Waals surface area contributed by atoms with Gasteiger partial charge in [0.2, 0.25) is 5.91 Å². The monoisotopic (exact) mass is 348 g/mol. The smallest absolute Gasteiger partial charge is 0.337 e. The van der Waals surface area contributed by atoms with Crippen LogP contribution in [0.4, 0.5) is 0 Å². The van der Waals surface area contributed by atoms with Crippen molar-refractivity contribution in [1.82, 2.24) is 10.2 Å². The molecule has 1 aliphatic heterocycles. The zero-order valence-electron chi connectivity index (χ0n) is 14.1. The number of hydrogen-bond donors (Lipinski definition) is 3. The molecule has 0 fully saturated rings. The van der Waals surface area contributed by atoms with Crippen LogP contribution in [0.25, 0.3) is 0 Å². The Bertz CT molecular complexity index is 705. The van der Waals surface area contributed by atoms with Gasteiger partial charge in [-0.3, -0.25) is 19.3 Å². The van der Waals surface area contributed by atoms with Crippen molar-refractivity contribution in [1.29, 1.82) is 0 Å². The predicted octanol–water partition coefficient (Wildman–Crippen LogP) is 0.259. The van der Waals surface area contributed by atoms with Gasteiger partial charge in [0.1, 0.15) is 6.04 Å². The van der Waals surface area contributed by atoms with Gasteiger partial charge in [0.25, 0.3) is 11.8 Å². The molecule has 1 heterocycles. The van der Waals surface area contributed by atoms with E-state index in [9.17, 15) is 24.3 Å². The van der Waals surface area contributed by atoms with Crippen LogP contribution in [0.2, 0.25) is 0 Å². The first-order valence-electron chi connectivity index (χ1n) is 7.78. The van der Waals surface area contributed by atoms with Gasteiger partial charge in [-0.1, -0.05) is 26.0 Å². The first kappa shape index (κ1) is 18.6. The molecule has 3 N–H and O–H groups in total. The molecular weight excluding hydrogens is 328 g/mol. The summed E-state index contributed by atoms with van der Waals surface area (Å²) < 4.78 is 0. The Balaban J connectivity index is 2.25. The van der Waals surface area contributed by atoms with Gasteiger partial charge in [0.15, 0.2) is 5.60 Å². The first-order valence-corrected chi connectivity index (χ1v) is 7.78. The minimum Gasteiger partial charge on any atom is -0.479 e. The summed E-state index contributed by atoms with van der Waals surface area (Å²) in [6.07, 6.45) is 0. The van der Waals surface area contributed by atoms with E-state index in [0.717, 1.165) is 11.8 Å². The van der Waals surface area contributed by atoms with Crippen molar-refractivity contribution >= 4 is 23.7 Å². The fraction of sp³-hybridized carbons (Fsp3) is 0.412. The second-order valence-corrected chi connectivity index (χ2v) is 6.51. The topological polar surface area (TPSA) is 124 Å². The molecular formula is C17H20N2O6. The van der Waals surface area contributed by atoms with Gasteiger partial charge in [-0.15, -0.1) is 0 Å². The number of carboxylic acids is 1. The molecule has 0 aromatic heterocycles. The van der Waals surface area contributed by atoms with Crippen molar-refractivity contribution in [3.63, 3.8) is 0 Å². The normalized spacial score (nSPS) is 17.2. The number of rotatable bonds is 6. The highest BCUT2D eigenvalue weighted by Gasteiger charge is 2.44. The number of carboxylic acid groups (broad SMARTS) is 1. The summed E-state index contributed by atoms with van der Waals surface area (Å²) in [5, 5.41) is 20.9. The maximum absolute atomic E-state index is 12.5. The number of carbonyl (C=O) groups is 4. The lowest BCUT2D eigenvalue weighted by molar-refractivity contribution is -0.156. The standard InChI is InChI=1S/C17H20N2O6/c1-9(2)12(13(20)18-8-17(3,25)16(23)24)19-14(21)10-6-4-5-7-11(10)15(19)22/h4-7,9,12,25H,8H2,1-3H3,(H,18,20)(H,23,24). The molecule has 3 amide bonds. The molecule has 0 aliphatic carbocycles. The third-order valence-electron chi connectivity index (χ3n) is 4.07. The molecule has 2 unspecified atom stereocenters. The quantitative estimate of drug-likeness (QED) is 0.634. The molecule has 0 spiro atoms. The average Bonchev–Trinajstić information content (AvgIpc) is 2.78. The lowest BCUT2D eigenvalue weighted by atomic mass is 10.0. The molecule has 0 saturated heterocycles. The van der Waals surface area contributed by atoms with E-state index in [1.54, 1.807) is 26.0 Å². The van der Waals surface area contributed by atoms with E-state index in [1.165, 1.54) is 12.1 Å². The molecule has 8 nitrogen and oxygen atoms in total. The summed E-state index contributed by atoms with van der Waals surface area (Å²) in [5.41, 5.74) is -1.70. The number of fused-ring (bicyclic) bond motifs is 1. The number of imide groups is 1. The van der Waals surface area contributed by atoms with Gasteiger partial charge in [-0.2, -0.15) is 0 Å². The van der Waals surface area contributed by atoms with E-state index in [0.29, 0.717) is 0 Å². The minimum absolute atomic E-state index is 0.225. The van der Waals surface area contributed by atoms with Gasteiger partial charge in [0, 0.05) is 0 Å². The van der Waals surface area contributed by atoms with Crippen LogP contribution < -0.4 is 5.32 Å². The van der Waals surface area contributed by atoms with Gasteiger partial charge < -0.3 is 15.5 Å². The first-order chi connectivity index (χ1) is 11.6. The highest BCUT2D eigenvalue weighted by molar-refractivity contribution is 6.22. The van der Waals surface area contributed by atoms with E-state index < -0.39 is 47.8 Å². The van der Waals surface area contributed by atoms with Crippen molar-refractivity contribution in [3.8, 4) is 0 Å².